The summed E-state index contributed by atoms with van der Waals surface area (Å²) in [5.74, 6) is 0.792. The van der Waals surface area contributed by atoms with Crippen LogP contribution in [0.25, 0.3) is 5.65 Å². The first-order valence-corrected chi connectivity index (χ1v) is 8.57. The van der Waals surface area contributed by atoms with E-state index < -0.39 is 12.0 Å². The monoisotopic (exact) mass is 356 g/mol. The van der Waals surface area contributed by atoms with E-state index in [1.165, 1.54) is 12.1 Å². The number of pyridine rings is 1. The van der Waals surface area contributed by atoms with E-state index in [1.54, 1.807) is 10.7 Å². The summed E-state index contributed by atoms with van der Waals surface area (Å²) in [6.07, 6.45) is 2.71. The van der Waals surface area contributed by atoms with Gasteiger partial charge in [0.2, 0.25) is 0 Å². The predicted octanol–water partition coefficient (Wildman–Crippen LogP) is 2.60. The average molecular weight is 356 g/mol. The maximum Gasteiger partial charge on any atom is 0.170 e. The Morgan fingerprint density at radius 3 is 2.73 bits per heavy atom. The molecule has 1 aliphatic heterocycles. The zero-order valence-electron chi connectivity index (χ0n) is 14.7. The molecule has 0 amide bonds. The molecule has 1 fully saturated rings. The van der Waals surface area contributed by atoms with E-state index in [0.717, 1.165) is 31.5 Å². The highest BCUT2D eigenvalue weighted by molar-refractivity contribution is 5.48. The smallest absolute Gasteiger partial charge is 0.170 e. The molecule has 4 heterocycles. The number of rotatable bonds is 4. The Kier molecular flexibility index (Phi) is 3.99. The van der Waals surface area contributed by atoms with Crippen LogP contribution in [0.4, 0.5) is 16.0 Å². The van der Waals surface area contributed by atoms with E-state index in [4.69, 9.17) is 0 Å². The maximum absolute atomic E-state index is 13.0. The van der Waals surface area contributed by atoms with E-state index in [1.807, 2.05) is 12.1 Å². The Labute approximate surface area is 150 Å². The number of aliphatic hydroxyl groups excluding tert-OH is 1. The molecule has 1 saturated heterocycles. The molecule has 0 radical (unpaired) electrons. The Bertz CT molecular complexity index is 923. The van der Waals surface area contributed by atoms with Crippen molar-refractivity contribution in [3.05, 3.63) is 48.2 Å². The van der Waals surface area contributed by atoms with Gasteiger partial charge in [0.05, 0.1) is 12.4 Å². The minimum atomic E-state index is -1.07. The van der Waals surface area contributed by atoms with Crippen molar-refractivity contribution in [1.29, 1.82) is 0 Å². The lowest BCUT2D eigenvalue weighted by atomic mass is 9.93. The zero-order chi connectivity index (χ0) is 18.3. The van der Waals surface area contributed by atoms with Crippen LogP contribution in [0.3, 0.4) is 0 Å². The lowest BCUT2D eigenvalue weighted by molar-refractivity contribution is 0.200. The maximum atomic E-state index is 13.0. The van der Waals surface area contributed by atoms with Gasteiger partial charge in [-0.25, -0.2) is 18.9 Å². The molecule has 26 heavy (non-hydrogen) atoms. The highest BCUT2D eigenvalue weighted by Crippen LogP contribution is 2.31. The second-order valence-corrected chi connectivity index (χ2v) is 7.39. The first-order chi connectivity index (χ1) is 12.4. The van der Waals surface area contributed by atoms with Crippen molar-refractivity contribution in [2.75, 3.05) is 23.3 Å². The van der Waals surface area contributed by atoms with E-state index in [-0.39, 0.29) is 5.41 Å². The predicted molar refractivity (Wildman–Crippen MR) is 96.4 cm³/mol. The van der Waals surface area contributed by atoms with Gasteiger partial charge < -0.3 is 15.3 Å². The van der Waals surface area contributed by atoms with Crippen LogP contribution in [0.15, 0.2) is 36.7 Å². The van der Waals surface area contributed by atoms with Crippen LogP contribution in [0.1, 0.15) is 32.2 Å². The number of hydrogen-bond donors (Lipinski definition) is 2. The minimum absolute atomic E-state index is 0.268. The molecule has 136 valence electrons. The van der Waals surface area contributed by atoms with Gasteiger partial charge in [0, 0.05) is 13.1 Å². The Morgan fingerprint density at radius 2 is 2.04 bits per heavy atom. The van der Waals surface area contributed by atoms with Crippen molar-refractivity contribution >= 4 is 17.3 Å². The lowest BCUT2D eigenvalue weighted by Crippen LogP contribution is -2.24. The molecule has 0 spiro atoms. The molecule has 0 bridgehead atoms. The summed E-state index contributed by atoms with van der Waals surface area (Å²) >= 11 is 0. The highest BCUT2D eigenvalue weighted by Gasteiger charge is 2.30. The van der Waals surface area contributed by atoms with Crippen LogP contribution in [0, 0.1) is 11.2 Å². The van der Waals surface area contributed by atoms with Crippen LogP contribution in [-0.2, 0) is 0 Å². The minimum Gasteiger partial charge on any atom is -0.368 e. The molecular weight excluding hydrogens is 335 g/mol. The number of aliphatic hydroxyl groups is 1. The van der Waals surface area contributed by atoms with Gasteiger partial charge in [-0.05, 0) is 36.1 Å². The van der Waals surface area contributed by atoms with E-state index in [2.05, 4.69) is 39.1 Å². The fourth-order valence-corrected chi connectivity index (χ4v) is 3.22. The third-order valence-electron chi connectivity index (χ3n) is 4.67. The first kappa shape index (κ1) is 16.7. The molecule has 1 atom stereocenters. The summed E-state index contributed by atoms with van der Waals surface area (Å²) in [6, 6.07) is 6.59. The van der Waals surface area contributed by atoms with Crippen LogP contribution in [-0.4, -0.2) is 37.8 Å². The van der Waals surface area contributed by atoms with Gasteiger partial charge in [0.25, 0.3) is 0 Å². The van der Waals surface area contributed by atoms with E-state index in [9.17, 15) is 9.50 Å². The molecule has 1 aliphatic rings. The van der Waals surface area contributed by atoms with Crippen molar-refractivity contribution in [3.63, 3.8) is 0 Å². The van der Waals surface area contributed by atoms with Gasteiger partial charge in [0.1, 0.15) is 23.1 Å². The van der Waals surface area contributed by atoms with E-state index >= 15 is 0 Å². The van der Waals surface area contributed by atoms with Crippen molar-refractivity contribution in [2.45, 2.75) is 26.5 Å². The van der Waals surface area contributed by atoms with Crippen LogP contribution >= 0.6 is 0 Å². The number of nitrogens with one attached hydrogen (secondary N) is 1. The standard InChI is InChI=1S/C18H21FN6O/c1-18(2)7-8-24(11-18)16-6-5-15-21-10-13(25(15)23-16)17(26)22-14-4-3-12(19)9-20-14/h3-6,9-10,17,26H,7-8,11H2,1-2H3,(H,20,22). The molecule has 4 rings (SSSR count). The van der Waals surface area contributed by atoms with Crippen LogP contribution in [0.2, 0.25) is 0 Å². The largest absolute Gasteiger partial charge is 0.368 e. The van der Waals surface area contributed by atoms with Crippen molar-refractivity contribution in [1.82, 2.24) is 19.6 Å². The lowest BCUT2D eigenvalue weighted by Gasteiger charge is -2.21. The molecule has 7 nitrogen and oxygen atoms in total. The summed E-state index contributed by atoms with van der Waals surface area (Å²) < 4.78 is 14.6. The van der Waals surface area contributed by atoms with E-state index in [0.29, 0.717) is 17.2 Å². The number of hydrogen-bond acceptors (Lipinski definition) is 6. The summed E-state index contributed by atoms with van der Waals surface area (Å²) in [5, 5.41) is 18.0. The first-order valence-electron chi connectivity index (χ1n) is 8.57. The Hall–Kier alpha value is -2.74. The summed E-state index contributed by atoms with van der Waals surface area (Å²) in [6.45, 7) is 6.39. The number of fused-ring (bicyclic) bond motifs is 1. The van der Waals surface area contributed by atoms with Gasteiger partial charge >= 0.3 is 0 Å². The van der Waals surface area contributed by atoms with Gasteiger partial charge in [-0.1, -0.05) is 13.8 Å². The molecule has 0 saturated carbocycles. The van der Waals surface area contributed by atoms with Crippen LogP contribution < -0.4 is 10.2 Å². The second kappa shape index (κ2) is 6.21. The van der Waals surface area contributed by atoms with Gasteiger partial charge in [-0.2, -0.15) is 0 Å². The highest BCUT2D eigenvalue weighted by atomic mass is 19.1. The molecule has 1 unspecified atom stereocenters. The fourth-order valence-electron chi connectivity index (χ4n) is 3.22. The third kappa shape index (κ3) is 3.20. The molecule has 3 aromatic heterocycles. The normalized spacial score (nSPS) is 17.6. The molecule has 8 heteroatoms. The topological polar surface area (TPSA) is 78.6 Å². The average Bonchev–Trinajstić information content (AvgIpc) is 3.19. The Morgan fingerprint density at radius 1 is 1.19 bits per heavy atom. The van der Waals surface area contributed by atoms with Crippen molar-refractivity contribution in [2.24, 2.45) is 5.41 Å². The summed E-state index contributed by atoms with van der Waals surface area (Å²) in [4.78, 5) is 10.4. The fraction of sp³-hybridized carbons (Fsp3) is 0.389. The van der Waals surface area contributed by atoms with Gasteiger partial charge in [0.15, 0.2) is 11.9 Å². The number of aromatic nitrogens is 4. The Balaban J connectivity index is 1.61. The summed E-state index contributed by atoms with van der Waals surface area (Å²) in [5.41, 5.74) is 1.41. The SMILES string of the molecule is CC1(C)CCN(c2ccc3ncc(C(O)Nc4ccc(F)cn4)n3n2)C1. The number of halogens is 1. The number of nitrogens with zero attached hydrogens (tertiary/aromatic N) is 5. The zero-order valence-corrected chi connectivity index (χ0v) is 14.7. The molecule has 0 aliphatic carbocycles. The van der Waals surface area contributed by atoms with Gasteiger partial charge in [-0.15, -0.1) is 5.10 Å². The quantitative estimate of drug-likeness (QED) is 0.700. The van der Waals surface area contributed by atoms with Crippen molar-refractivity contribution in [3.8, 4) is 0 Å². The summed E-state index contributed by atoms with van der Waals surface area (Å²) in [7, 11) is 0. The second-order valence-electron chi connectivity index (χ2n) is 7.39. The number of anilines is 2. The van der Waals surface area contributed by atoms with Crippen molar-refractivity contribution < 1.29 is 9.50 Å². The molecule has 3 aromatic rings. The molecule has 2 N–H and O–H groups in total. The molecular formula is C18H21FN6O. The van der Waals surface area contributed by atoms with Crippen LogP contribution in [0.5, 0.6) is 0 Å². The molecule has 0 aromatic carbocycles. The number of imidazole rings is 1. The third-order valence-corrected chi connectivity index (χ3v) is 4.67. The van der Waals surface area contributed by atoms with Gasteiger partial charge in [-0.3, -0.25) is 0 Å².